The van der Waals surface area contributed by atoms with Gasteiger partial charge in [0.15, 0.2) is 0 Å². The minimum atomic E-state index is -4.49. The van der Waals surface area contributed by atoms with Gasteiger partial charge in [0.25, 0.3) is 0 Å². The fraction of sp³-hybridized carbons (Fsp3) is 0.250. The van der Waals surface area contributed by atoms with E-state index in [4.69, 9.17) is 0 Å². The fourth-order valence-electron chi connectivity index (χ4n) is 1.16. The van der Waals surface area contributed by atoms with Crippen LogP contribution in [0.4, 0.5) is 23.7 Å². The molecule has 2 rings (SSSR count). The predicted molar refractivity (Wildman–Crippen MR) is 43.0 cm³/mol. The molecule has 15 heavy (non-hydrogen) atoms. The molecule has 4 nitrogen and oxygen atoms in total. The Bertz CT molecular complexity index is 417. The molecule has 1 N–H and O–H groups in total. The van der Waals surface area contributed by atoms with Crippen molar-refractivity contribution in [3.8, 4) is 0 Å². The summed E-state index contributed by atoms with van der Waals surface area (Å²) in [5, 5.41) is 2.25. The molecule has 7 heteroatoms. The van der Waals surface area contributed by atoms with Crippen molar-refractivity contribution in [1.82, 2.24) is 4.98 Å². The Hall–Kier alpha value is -1.79. The summed E-state index contributed by atoms with van der Waals surface area (Å²) in [6.45, 7) is -0.245. The Labute approximate surface area is 82.1 Å². The number of alkyl halides is 3. The van der Waals surface area contributed by atoms with Gasteiger partial charge in [-0.3, -0.25) is 5.32 Å². The second kappa shape index (κ2) is 3.11. The zero-order valence-corrected chi connectivity index (χ0v) is 7.26. The van der Waals surface area contributed by atoms with E-state index < -0.39 is 18.0 Å². The van der Waals surface area contributed by atoms with Crippen LogP contribution in [0.3, 0.4) is 0 Å². The van der Waals surface area contributed by atoms with Gasteiger partial charge in [0.05, 0.1) is 5.69 Å². The highest BCUT2D eigenvalue weighted by atomic mass is 19.4. The maximum atomic E-state index is 12.2. The SMILES string of the molecule is O=C1Nc2ccc(C(F)(F)F)nc2CO1. The molecule has 0 saturated carbocycles. The third-order valence-corrected chi connectivity index (χ3v) is 1.84. The van der Waals surface area contributed by atoms with E-state index in [9.17, 15) is 18.0 Å². The quantitative estimate of drug-likeness (QED) is 0.725. The molecule has 1 aromatic heterocycles. The Morgan fingerprint density at radius 2 is 2.13 bits per heavy atom. The minimum Gasteiger partial charge on any atom is -0.443 e. The fourth-order valence-corrected chi connectivity index (χ4v) is 1.16. The van der Waals surface area contributed by atoms with Gasteiger partial charge in [0.2, 0.25) is 0 Å². The Balaban J connectivity index is 2.39. The molecular formula is C8H5F3N2O2. The van der Waals surface area contributed by atoms with Gasteiger partial charge < -0.3 is 4.74 Å². The molecule has 0 bridgehead atoms. The molecule has 0 atom stereocenters. The summed E-state index contributed by atoms with van der Waals surface area (Å²) >= 11 is 0. The number of pyridine rings is 1. The molecule has 0 fully saturated rings. The zero-order valence-electron chi connectivity index (χ0n) is 7.26. The molecule has 1 amide bonds. The van der Waals surface area contributed by atoms with Crippen molar-refractivity contribution < 1.29 is 22.7 Å². The van der Waals surface area contributed by atoms with Crippen molar-refractivity contribution in [1.29, 1.82) is 0 Å². The van der Waals surface area contributed by atoms with Crippen LogP contribution in [0.2, 0.25) is 0 Å². The first-order chi connectivity index (χ1) is 6.97. The Morgan fingerprint density at radius 3 is 2.80 bits per heavy atom. The summed E-state index contributed by atoms with van der Waals surface area (Å²) in [5.41, 5.74) is -0.676. The maximum absolute atomic E-state index is 12.2. The van der Waals surface area contributed by atoms with Crippen LogP contribution in [0.15, 0.2) is 12.1 Å². The number of ether oxygens (including phenoxy) is 1. The molecule has 80 valence electrons. The second-order valence-corrected chi connectivity index (χ2v) is 2.89. The summed E-state index contributed by atoms with van der Waals surface area (Å²) in [5.74, 6) is 0. The molecule has 0 aromatic carbocycles. The molecule has 0 spiro atoms. The minimum absolute atomic E-state index is 0.0735. The number of nitrogens with one attached hydrogen (secondary N) is 1. The lowest BCUT2D eigenvalue weighted by Gasteiger charge is -2.17. The molecule has 1 aliphatic rings. The van der Waals surface area contributed by atoms with Gasteiger partial charge in [-0.05, 0) is 12.1 Å². The number of anilines is 1. The van der Waals surface area contributed by atoms with Crippen molar-refractivity contribution in [2.24, 2.45) is 0 Å². The predicted octanol–water partition coefficient (Wildman–Crippen LogP) is 2.16. The molecule has 0 unspecified atom stereocenters. The number of halogens is 3. The first-order valence-corrected chi connectivity index (χ1v) is 3.98. The van der Waals surface area contributed by atoms with E-state index >= 15 is 0 Å². The number of carbonyl (C=O) groups excluding carboxylic acids is 1. The molecule has 2 heterocycles. The zero-order chi connectivity index (χ0) is 11.1. The van der Waals surface area contributed by atoms with Crippen LogP contribution in [0, 0.1) is 0 Å². The Kier molecular flexibility index (Phi) is 2.02. The van der Waals surface area contributed by atoms with Crippen molar-refractivity contribution in [3.63, 3.8) is 0 Å². The number of rotatable bonds is 0. The molecular weight excluding hydrogens is 213 g/mol. The van der Waals surface area contributed by atoms with E-state index in [2.05, 4.69) is 15.0 Å². The van der Waals surface area contributed by atoms with Gasteiger partial charge in [-0.25, -0.2) is 9.78 Å². The van der Waals surface area contributed by atoms with Crippen molar-refractivity contribution in [3.05, 3.63) is 23.5 Å². The van der Waals surface area contributed by atoms with E-state index in [1.165, 1.54) is 0 Å². The highest BCUT2D eigenvalue weighted by Crippen LogP contribution is 2.30. The Morgan fingerprint density at radius 1 is 1.40 bits per heavy atom. The average Bonchev–Trinajstić information content (AvgIpc) is 2.15. The topological polar surface area (TPSA) is 51.2 Å². The van der Waals surface area contributed by atoms with Crippen molar-refractivity contribution in [2.45, 2.75) is 12.8 Å². The van der Waals surface area contributed by atoms with E-state index in [0.29, 0.717) is 0 Å². The third kappa shape index (κ3) is 1.85. The largest absolute Gasteiger partial charge is 0.443 e. The highest BCUT2D eigenvalue weighted by molar-refractivity contribution is 5.86. The van der Waals surface area contributed by atoms with Gasteiger partial charge in [0, 0.05) is 0 Å². The number of hydrogen-bond donors (Lipinski definition) is 1. The second-order valence-electron chi connectivity index (χ2n) is 2.89. The van der Waals surface area contributed by atoms with Crippen LogP contribution >= 0.6 is 0 Å². The van der Waals surface area contributed by atoms with Gasteiger partial charge >= 0.3 is 12.3 Å². The van der Waals surface area contributed by atoms with Gasteiger partial charge in [-0.2, -0.15) is 13.2 Å². The maximum Gasteiger partial charge on any atom is 0.433 e. The van der Waals surface area contributed by atoms with E-state index in [1.807, 2.05) is 0 Å². The van der Waals surface area contributed by atoms with E-state index in [0.717, 1.165) is 12.1 Å². The van der Waals surface area contributed by atoms with Crippen molar-refractivity contribution >= 4 is 11.8 Å². The summed E-state index contributed by atoms with van der Waals surface area (Å²) in [6, 6.07) is 1.97. The molecule has 1 aromatic rings. The normalized spacial score (nSPS) is 15.3. The molecule has 0 aliphatic carbocycles. The first kappa shape index (κ1) is 9.75. The van der Waals surface area contributed by atoms with Crippen LogP contribution in [0.5, 0.6) is 0 Å². The lowest BCUT2D eigenvalue weighted by atomic mass is 10.2. The van der Waals surface area contributed by atoms with Gasteiger partial charge in [-0.1, -0.05) is 0 Å². The highest BCUT2D eigenvalue weighted by Gasteiger charge is 2.33. The van der Waals surface area contributed by atoms with Crippen LogP contribution in [0.25, 0.3) is 0 Å². The first-order valence-electron chi connectivity index (χ1n) is 3.98. The van der Waals surface area contributed by atoms with E-state index in [-0.39, 0.29) is 18.0 Å². The molecule has 0 saturated heterocycles. The lowest BCUT2D eigenvalue weighted by Crippen LogP contribution is -2.22. The van der Waals surface area contributed by atoms with Crippen LogP contribution in [0.1, 0.15) is 11.4 Å². The van der Waals surface area contributed by atoms with Crippen molar-refractivity contribution in [2.75, 3.05) is 5.32 Å². The van der Waals surface area contributed by atoms with Crippen LogP contribution in [-0.2, 0) is 17.5 Å². The monoisotopic (exact) mass is 218 g/mol. The van der Waals surface area contributed by atoms with Crippen LogP contribution < -0.4 is 5.32 Å². The number of amides is 1. The lowest BCUT2D eigenvalue weighted by molar-refractivity contribution is -0.141. The number of cyclic esters (lactones) is 1. The van der Waals surface area contributed by atoms with Gasteiger partial charge in [-0.15, -0.1) is 0 Å². The summed E-state index contributed by atoms with van der Waals surface area (Å²) in [4.78, 5) is 14.1. The number of carbonyl (C=O) groups is 1. The number of fused-ring (bicyclic) bond motifs is 1. The molecule has 0 radical (unpaired) electrons. The smallest absolute Gasteiger partial charge is 0.433 e. The summed E-state index contributed by atoms with van der Waals surface area (Å²) < 4.78 is 41.2. The third-order valence-electron chi connectivity index (χ3n) is 1.84. The van der Waals surface area contributed by atoms with Crippen LogP contribution in [-0.4, -0.2) is 11.1 Å². The standard InChI is InChI=1S/C8H5F3N2O2/c9-8(10,11)6-2-1-4-5(12-6)3-15-7(14)13-4/h1-2H,3H2,(H,13,14). The van der Waals surface area contributed by atoms with Gasteiger partial charge in [0.1, 0.15) is 18.0 Å². The molecule has 1 aliphatic heterocycles. The summed E-state index contributed by atoms with van der Waals surface area (Å²) in [7, 11) is 0. The number of hydrogen-bond acceptors (Lipinski definition) is 3. The van der Waals surface area contributed by atoms with E-state index in [1.54, 1.807) is 0 Å². The summed E-state index contributed by atoms with van der Waals surface area (Å²) in [6.07, 6.45) is -5.18. The number of nitrogens with zero attached hydrogens (tertiary/aromatic N) is 1. The average molecular weight is 218 g/mol. The number of aromatic nitrogens is 1.